The summed E-state index contributed by atoms with van der Waals surface area (Å²) in [7, 11) is 1.57. The van der Waals surface area contributed by atoms with Crippen molar-refractivity contribution < 1.29 is 23.1 Å². The smallest absolute Gasteiger partial charge is 0.321 e. The Morgan fingerprint density at radius 1 is 1.05 bits per heavy atom. The number of nitrogens with zero attached hydrogens (tertiary/aromatic N) is 3. The zero-order valence-corrected chi connectivity index (χ0v) is 21.8. The average Bonchev–Trinajstić information content (AvgIpc) is 3.35. The first-order valence-electron chi connectivity index (χ1n) is 13.1. The summed E-state index contributed by atoms with van der Waals surface area (Å²) < 4.78 is 44.4. The lowest BCUT2D eigenvalue weighted by atomic mass is 9.89. The SMILES string of the molecule is CN(C(=O)N1CC(c2cc(F)ccc2F)=C[C@@]1(CO)c1ccccc1)C1CCN(Cc2ccccc2)CC1F. The molecule has 0 aromatic heterocycles. The maximum Gasteiger partial charge on any atom is 0.321 e. The van der Waals surface area contributed by atoms with Crippen LogP contribution in [0, 0.1) is 11.6 Å². The minimum Gasteiger partial charge on any atom is -0.393 e. The summed E-state index contributed by atoms with van der Waals surface area (Å²) >= 11 is 0. The third-order valence-corrected chi connectivity index (χ3v) is 7.88. The predicted molar refractivity (Wildman–Crippen MR) is 144 cm³/mol. The van der Waals surface area contributed by atoms with Crippen LogP contribution < -0.4 is 0 Å². The van der Waals surface area contributed by atoms with Gasteiger partial charge in [0, 0.05) is 38.8 Å². The van der Waals surface area contributed by atoms with Crippen molar-refractivity contribution >= 4 is 11.6 Å². The third kappa shape index (κ3) is 5.31. The Bertz CT molecular complexity index is 1340. The molecule has 1 fully saturated rings. The lowest BCUT2D eigenvalue weighted by Crippen LogP contribution is -2.58. The predicted octanol–water partition coefficient (Wildman–Crippen LogP) is 5.22. The van der Waals surface area contributed by atoms with Crippen LogP contribution in [0.4, 0.5) is 18.0 Å². The van der Waals surface area contributed by atoms with Crippen molar-refractivity contribution in [3.63, 3.8) is 0 Å². The molecule has 2 aliphatic heterocycles. The van der Waals surface area contributed by atoms with E-state index in [1.807, 2.05) is 41.3 Å². The van der Waals surface area contributed by atoms with Gasteiger partial charge in [-0.15, -0.1) is 0 Å². The molecule has 5 rings (SSSR count). The maximum absolute atomic E-state index is 15.5. The normalized spacial score (nSPS) is 23.5. The number of halogens is 3. The zero-order valence-electron chi connectivity index (χ0n) is 21.8. The van der Waals surface area contributed by atoms with Crippen molar-refractivity contribution in [3.8, 4) is 0 Å². The molecule has 39 heavy (non-hydrogen) atoms. The number of aliphatic hydroxyl groups excluding tert-OH is 1. The number of alkyl halides is 1. The summed E-state index contributed by atoms with van der Waals surface area (Å²) in [5, 5.41) is 10.7. The van der Waals surface area contributed by atoms with Gasteiger partial charge < -0.3 is 14.9 Å². The molecule has 0 bridgehead atoms. The molecule has 5 nitrogen and oxygen atoms in total. The fourth-order valence-electron chi connectivity index (χ4n) is 5.77. The number of piperidine rings is 1. The second kappa shape index (κ2) is 11.2. The number of carbonyl (C=O) groups is 1. The lowest BCUT2D eigenvalue weighted by molar-refractivity contribution is 0.0335. The molecule has 2 unspecified atom stereocenters. The van der Waals surface area contributed by atoms with Gasteiger partial charge in [0.25, 0.3) is 0 Å². The van der Waals surface area contributed by atoms with E-state index in [4.69, 9.17) is 0 Å². The Morgan fingerprint density at radius 2 is 1.74 bits per heavy atom. The van der Waals surface area contributed by atoms with E-state index in [9.17, 15) is 18.7 Å². The van der Waals surface area contributed by atoms with Crippen LogP contribution >= 0.6 is 0 Å². The highest BCUT2D eigenvalue weighted by atomic mass is 19.1. The number of carbonyl (C=O) groups excluding carboxylic acids is 1. The lowest BCUT2D eigenvalue weighted by Gasteiger charge is -2.44. The summed E-state index contributed by atoms with van der Waals surface area (Å²) in [6.07, 6.45) is 0.800. The summed E-state index contributed by atoms with van der Waals surface area (Å²) in [6.45, 7) is 0.902. The van der Waals surface area contributed by atoms with E-state index in [1.54, 1.807) is 37.4 Å². The topological polar surface area (TPSA) is 47.0 Å². The zero-order chi connectivity index (χ0) is 27.6. The minimum absolute atomic E-state index is 0.0271. The molecule has 0 radical (unpaired) electrons. The summed E-state index contributed by atoms with van der Waals surface area (Å²) in [4.78, 5) is 18.9. The van der Waals surface area contributed by atoms with Gasteiger partial charge >= 0.3 is 6.03 Å². The molecule has 204 valence electrons. The molecular weight excluding hydrogens is 503 g/mol. The van der Waals surface area contributed by atoms with E-state index < -0.39 is 42.0 Å². The molecule has 2 heterocycles. The molecule has 3 atom stereocenters. The maximum atomic E-state index is 15.5. The van der Waals surface area contributed by atoms with Crippen molar-refractivity contribution in [1.29, 1.82) is 0 Å². The van der Waals surface area contributed by atoms with Gasteiger partial charge in [-0.3, -0.25) is 4.90 Å². The highest BCUT2D eigenvalue weighted by Gasteiger charge is 2.47. The molecule has 1 N–H and O–H groups in total. The van der Waals surface area contributed by atoms with Gasteiger partial charge in [0.15, 0.2) is 0 Å². The Kier molecular flexibility index (Phi) is 7.77. The second-order valence-corrected chi connectivity index (χ2v) is 10.3. The van der Waals surface area contributed by atoms with Crippen molar-refractivity contribution in [2.75, 3.05) is 33.3 Å². The van der Waals surface area contributed by atoms with Crippen LogP contribution in [0.15, 0.2) is 84.9 Å². The highest BCUT2D eigenvalue weighted by Crippen LogP contribution is 2.41. The number of likely N-dealkylation sites (tertiary alicyclic amines) is 1. The number of urea groups is 1. The van der Waals surface area contributed by atoms with Gasteiger partial charge in [-0.1, -0.05) is 60.7 Å². The second-order valence-electron chi connectivity index (χ2n) is 10.3. The number of rotatable bonds is 6. The Morgan fingerprint density at radius 3 is 2.41 bits per heavy atom. The van der Waals surface area contributed by atoms with E-state index in [1.165, 1.54) is 9.80 Å². The molecule has 0 spiro atoms. The molecule has 8 heteroatoms. The third-order valence-electron chi connectivity index (χ3n) is 7.88. The molecule has 0 aliphatic carbocycles. The van der Waals surface area contributed by atoms with Gasteiger partial charge in [-0.2, -0.15) is 0 Å². The summed E-state index contributed by atoms with van der Waals surface area (Å²) in [6, 6.07) is 20.8. The quantitative estimate of drug-likeness (QED) is 0.471. The van der Waals surface area contributed by atoms with Crippen molar-refractivity contribution in [2.45, 2.75) is 30.7 Å². The van der Waals surface area contributed by atoms with Gasteiger partial charge in [0.2, 0.25) is 0 Å². The van der Waals surface area contributed by atoms with Crippen LogP contribution in [-0.2, 0) is 12.1 Å². The fraction of sp³-hybridized carbons (Fsp3) is 0.323. The first-order chi connectivity index (χ1) is 18.8. The number of hydrogen-bond acceptors (Lipinski definition) is 3. The monoisotopic (exact) mass is 535 g/mol. The molecule has 3 aromatic rings. The fourth-order valence-corrected chi connectivity index (χ4v) is 5.77. The minimum atomic E-state index is -1.32. The Labute approximate surface area is 226 Å². The van der Waals surface area contributed by atoms with Crippen LogP contribution in [0.25, 0.3) is 5.57 Å². The molecule has 0 saturated carbocycles. The Hall–Kier alpha value is -3.62. The molecule has 2 amide bonds. The van der Waals surface area contributed by atoms with E-state index in [0.29, 0.717) is 30.6 Å². The van der Waals surface area contributed by atoms with Gasteiger partial charge in [-0.25, -0.2) is 18.0 Å². The first-order valence-corrected chi connectivity index (χ1v) is 13.1. The van der Waals surface area contributed by atoms with Crippen molar-refractivity contribution in [2.24, 2.45) is 0 Å². The van der Waals surface area contributed by atoms with Crippen LogP contribution in [0.5, 0.6) is 0 Å². The largest absolute Gasteiger partial charge is 0.393 e. The number of benzene rings is 3. The molecule has 1 saturated heterocycles. The Balaban J connectivity index is 1.40. The van der Waals surface area contributed by atoms with E-state index >= 15 is 4.39 Å². The average molecular weight is 536 g/mol. The summed E-state index contributed by atoms with van der Waals surface area (Å²) in [5.41, 5.74) is 0.806. The standard InChI is InChI=1S/C31H32F3N3O2/c1-35(29-14-15-36(20-28(29)34)18-22-8-4-2-5-9-22)30(39)37-19-23(26-16-25(32)12-13-27(26)33)17-31(37,21-38)24-10-6-3-7-11-24/h2-13,16-17,28-29,38H,14-15,18-21H2,1H3/t28?,29?,31-/m1/s1. The highest BCUT2D eigenvalue weighted by molar-refractivity contribution is 5.83. The van der Waals surface area contributed by atoms with E-state index in [2.05, 4.69) is 0 Å². The van der Waals surface area contributed by atoms with Crippen molar-refractivity contribution in [3.05, 3.63) is 113 Å². The van der Waals surface area contributed by atoms with Gasteiger partial charge in [0.05, 0.1) is 12.6 Å². The molecule has 3 aromatic carbocycles. The van der Waals surface area contributed by atoms with Gasteiger partial charge in [0.1, 0.15) is 23.3 Å². The molecule has 2 aliphatic rings. The van der Waals surface area contributed by atoms with Crippen LogP contribution in [-0.4, -0.2) is 71.3 Å². The van der Waals surface area contributed by atoms with E-state index in [-0.39, 0.29) is 18.7 Å². The van der Waals surface area contributed by atoms with Crippen LogP contribution in [0.2, 0.25) is 0 Å². The van der Waals surface area contributed by atoms with Crippen molar-refractivity contribution in [1.82, 2.24) is 14.7 Å². The van der Waals surface area contributed by atoms with Gasteiger partial charge in [-0.05, 0) is 47.4 Å². The summed E-state index contributed by atoms with van der Waals surface area (Å²) in [5.74, 6) is -1.23. The van der Waals surface area contributed by atoms with Crippen LogP contribution in [0.3, 0.4) is 0 Å². The van der Waals surface area contributed by atoms with Crippen LogP contribution in [0.1, 0.15) is 23.1 Å². The first kappa shape index (κ1) is 27.0. The number of amides is 2. The number of aliphatic hydroxyl groups is 1. The number of hydrogen-bond donors (Lipinski definition) is 1. The van der Waals surface area contributed by atoms with E-state index in [0.717, 1.165) is 23.8 Å². The molecular formula is C31H32F3N3O2.